The largest absolute Gasteiger partial charge is 0.480 e. The number of hydrogen-bond donors (Lipinski definition) is 2. The summed E-state index contributed by atoms with van der Waals surface area (Å²) < 4.78 is 10.2. The minimum absolute atomic E-state index is 0.217. The van der Waals surface area contributed by atoms with Crippen LogP contribution in [0.5, 0.6) is 0 Å². The monoisotopic (exact) mass is 189 g/mol. The molecule has 76 valence electrons. The molecule has 1 rings (SSSR count). The average Bonchev–Trinajstić information content (AvgIpc) is 2.43. The Morgan fingerprint density at radius 2 is 1.77 bits per heavy atom. The number of aliphatic carboxylic acids is 1. The summed E-state index contributed by atoms with van der Waals surface area (Å²) in [5.74, 6) is -0.992. The summed E-state index contributed by atoms with van der Waals surface area (Å²) >= 11 is 0. The molecule has 1 fully saturated rings. The lowest BCUT2D eigenvalue weighted by atomic mass is 10.00. The van der Waals surface area contributed by atoms with Crippen LogP contribution >= 0.6 is 0 Å². The molecule has 1 saturated carbocycles. The van der Waals surface area contributed by atoms with Crippen molar-refractivity contribution >= 4 is 5.97 Å². The van der Waals surface area contributed by atoms with Gasteiger partial charge < -0.3 is 20.3 Å². The Balaban J connectivity index is 2.72. The van der Waals surface area contributed by atoms with Gasteiger partial charge >= 0.3 is 5.97 Å². The summed E-state index contributed by atoms with van der Waals surface area (Å²) in [6.45, 7) is 0. The van der Waals surface area contributed by atoms with Crippen LogP contribution in [-0.4, -0.2) is 43.0 Å². The minimum Gasteiger partial charge on any atom is -0.480 e. The molecule has 13 heavy (non-hydrogen) atoms. The summed E-state index contributed by atoms with van der Waals surface area (Å²) in [5.41, 5.74) is 4.48. The van der Waals surface area contributed by atoms with Crippen molar-refractivity contribution in [2.24, 2.45) is 5.73 Å². The van der Waals surface area contributed by atoms with Gasteiger partial charge in [0.1, 0.15) is 5.54 Å². The summed E-state index contributed by atoms with van der Waals surface area (Å²) in [6, 6.07) is 0. The van der Waals surface area contributed by atoms with E-state index in [1.807, 2.05) is 0 Å². The van der Waals surface area contributed by atoms with Crippen LogP contribution in [-0.2, 0) is 14.3 Å². The van der Waals surface area contributed by atoms with Crippen molar-refractivity contribution in [2.75, 3.05) is 14.2 Å². The number of carboxylic acid groups (broad SMARTS) is 1. The Bertz CT molecular complexity index is 194. The molecule has 0 aliphatic heterocycles. The smallest absolute Gasteiger partial charge is 0.323 e. The molecule has 5 heteroatoms. The predicted molar refractivity (Wildman–Crippen MR) is 45.4 cm³/mol. The zero-order valence-electron chi connectivity index (χ0n) is 7.82. The molecule has 0 radical (unpaired) electrons. The highest BCUT2D eigenvalue weighted by molar-refractivity contribution is 5.79. The third-order valence-electron chi connectivity index (χ3n) is 2.58. The highest BCUT2D eigenvalue weighted by Gasteiger charge is 2.48. The van der Waals surface area contributed by atoms with Gasteiger partial charge in [0.2, 0.25) is 0 Å². The Hall–Kier alpha value is -0.650. The van der Waals surface area contributed by atoms with Crippen molar-refractivity contribution in [1.29, 1.82) is 0 Å². The van der Waals surface area contributed by atoms with Crippen molar-refractivity contribution in [3.05, 3.63) is 0 Å². The van der Waals surface area contributed by atoms with E-state index in [4.69, 9.17) is 20.3 Å². The van der Waals surface area contributed by atoms with Crippen molar-refractivity contribution in [3.8, 4) is 0 Å². The van der Waals surface area contributed by atoms with Gasteiger partial charge in [-0.15, -0.1) is 0 Å². The van der Waals surface area contributed by atoms with Crippen LogP contribution in [0.15, 0.2) is 0 Å². The van der Waals surface area contributed by atoms with E-state index in [9.17, 15) is 4.79 Å². The lowest BCUT2D eigenvalue weighted by molar-refractivity contribution is -0.143. The number of hydrogen-bond acceptors (Lipinski definition) is 4. The Labute approximate surface area is 76.8 Å². The van der Waals surface area contributed by atoms with Crippen LogP contribution in [0.25, 0.3) is 0 Å². The summed E-state index contributed by atoms with van der Waals surface area (Å²) in [6.07, 6.45) is 0.173. The second-order valence-corrected chi connectivity index (χ2v) is 3.42. The maximum absolute atomic E-state index is 10.8. The molecule has 0 heterocycles. The average molecular weight is 189 g/mol. The Morgan fingerprint density at radius 3 is 2.00 bits per heavy atom. The SMILES string of the molecule is CO[C@H]1CC(N)(C(=O)O)C[C@@H]1OC. The van der Waals surface area contributed by atoms with Gasteiger partial charge in [0.05, 0.1) is 12.2 Å². The predicted octanol–water partition coefficient (Wildman–Crippen LogP) is -0.408. The van der Waals surface area contributed by atoms with Gasteiger partial charge in [0.15, 0.2) is 0 Å². The van der Waals surface area contributed by atoms with Crippen LogP contribution in [0, 0.1) is 0 Å². The Morgan fingerprint density at radius 1 is 1.38 bits per heavy atom. The number of carbonyl (C=O) groups is 1. The van der Waals surface area contributed by atoms with E-state index in [2.05, 4.69) is 0 Å². The van der Waals surface area contributed by atoms with Crippen LogP contribution in [0.3, 0.4) is 0 Å². The van der Waals surface area contributed by atoms with Crippen LogP contribution in [0.2, 0.25) is 0 Å². The van der Waals surface area contributed by atoms with E-state index in [1.165, 1.54) is 14.2 Å². The highest BCUT2D eigenvalue weighted by atomic mass is 16.5. The van der Waals surface area contributed by atoms with Crippen molar-refractivity contribution in [1.82, 2.24) is 0 Å². The Kier molecular flexibility index (Phi) is 2.90. The van der Waals surface area contributed by atoms with Crippen LogP contribution in [0.1, 0.15) is 12.8 Å². The summed E-state index contributed by atoms with van der Waals surface area (Å²) in [4.78, 5) is 10.8. The summed E-state index contributed by atoms with van der Waals surface area (Å²) in [7, 11) is 3.06. The highest BCUT2D eigenvalue weighted by Crippen LogP contribution is 2.31. The first kappa shape index (κ1) is 10.4. The fourth-order valence-corrected chi connectivity index (χ4v) is 1.71. The normalized spacial score (nSPS) is 31.9. The van der Waals surface area contributed by atoms with Gasteiger partial charge in [0, 0.05) is 27.1 Å². The molecular weight excluding hydrogens is 174 g/mol. The quantitative estimate of drug-likeness (QED) is 0.630. The van der Waals surface area contributed by atoms with E-state index in [-0.39, 0.29) is 12.2 Å². The fourth-order valence-electron chi connectivity index (χ4n) is 1.71. The molecule has 0 aromatic rings. The molecule has 0 unspecified atom stereocenters. The third kappa shape index (κ3) is 1.82. The third-order valence-corrected chi connectivity index (χ3v) is 2.58. The zero-order chi connectivity index (χ0) is 10.1. The zero-order valence-corrected chi connectivity index (χ0v) is 7.82. The van der Waals surface area contributed by atoms with Gasteiger partial charge in [-0.2, -0.15) is 0 Å². The maximum atomic E-state index is 10.8. The molecule has 1 aliphatic carbocycles. The van der Waals surface area contributed by atoms with Gasteiger partial charge in [-0.1, -0.05) is 0 Å². The first-order valence-corrected chi connectivity index (χ1v) is 4.11. The molecular formula is C8H15NO4. The van der Waals surface area contributed by atoms with Crippen molar-refractivity contribution in [2.45, 2.75) is 30.6 Å². The van der Waals surface area contributed by atoms with Gasteiger partial charge in [-0.05, 0) is 0 Å². The number of carboxylic acids is 1. The van der Waals surface area contributed by atoms with Crippen molar-refractivity contribution in [3.63, 3.8) is 0 Å². The van der Waals surface area contributed by atoms with Crippen LogP contribution in [0.4, 0.5) is 0 Å². The second kappa shape index (κ2) is 3.61. The molecule has 0 aromatic heterocycles. The molecule has 1 aliphatic rings. The molecule has 5 nitrogen and oxygen atoms in total. The van der Waals surface area contributed by atoms with E-state index >= 15 is 0 Å². The standard InChI is InChI=1S/C8H15NO4/c1-12-5-3-8(9,7(10)11)4-6(5)13-2/h5-6H,3-4,9H2,1-2H3,(H,10,11)/t5-,6-/m0/s1. The minimum atomic E-state index is -1.19. The number of methoxy groups -OCH3 is 2. The molecule has 0 aromatic carbocycles. The van der Waals surface area contributed by atoms with E-state index in [0.29, 0.717) is 12.8 Å². The van der Waals surface area contributed by atoms with Gasteiger partial charge in [-0.3, -0.25) is 4.79 Å². The molecule has 3 N–H and O–H groups in total. The second-order valence-electron chi connectivity index (χ2n) is 3.42. The van der Waals surface area contributed by atoms with E-state index in [1.54, 1.807) is 0 Å². The van der Waals surface area contributed by atoms with Gasteiger partial charge in [-0.25, -0.2) is 0 Å². The van der Waals surface area contributed by atoms with Gasteiger partial charge in [0.25, 0.3) is 0 Å². The molecule has 0 bridgehead atoms. The fraction of sp³-hybridized carbons (Fsp3) is 0.875. The molecule has 0 spiro atoms. The van der Waals surface area contributed by atoms with E-state index < -0.39 is 11.5 Å². The van der Waals surface area contributed by atoms with Crippen molar-refractivity contribution < 1.29 is 19.4 Å². The first-order valence-electron chi connectivity index (χ1n) is 4.11. The first-order chi connectivity index (χ1) is 6.03. The van der Waals surface area contributed by atoms with E-state index in [0.717, 1.165) is 0 Å². The lowest BCUT2D eigenvalue weighted by Gasteiger charge is -2.16. The molecule has 0 amide bonds. The number of nitrogens with two attached hydrogens (primary N) is 1. The maximum Gasteiger partial charge on any atom is 0.323 e. The molecule has 0 saturated heterocycles. The lowest BCUT2D eigenvalue weighted by Crippen LogP contribution is -2.46. The number of ether oxygens (including phenoxy) is 2. The van der Waals surface area contributed by atoms with Crippen LogP contribution < -0.4 is 5.73 Å². The summed E-state index contributed by atoms with van der Waals surface area (Å²) in [5, 5.41) is 8.86. The number of rotatable bonds is 3. The molecule has 2 atom stereocenters. The topological polar surface area (TPSA) is 81.8 Å².